The largest absolute Gasteiger partial charge is 0.335 e. The zero-order valence-corrected chi connectivity index (χ0v) is 8.24. The van der Waals surface area contributed by atoms with Gasteiger partial charge in [0, 0.05) is 18.3 Å². The number of benzene rings is 1. The lowest BCUT2D eigenvalue weighted by Crippen LogP contribution is -1.94. The maximum Gasteiger partial charge on any atom is 0.123 e. The molecular weight excluding hydrogens is 191 g/mol. The van der Waals surface area contributed by atoms with E-state index >= 15 is 0 Å². The van der Waals surface area contributed by atoms with Crippen molar-refractivity contribution in [2.75, 3.05) is 0 Å². The van der Waals surface area contributed by atoms with Crippen LogP contribution < -0.4 is 0 Å². The number of nitrogens with zero attached hydrogens (tertiary/aromatic N) is 2. The predicted octanol–water partition coefficient (Wildman–Crippen LogP) is 2.70. The fourth-order valence-electron chi connectivity index (χ4n) is 1.56. The summed E-state index contributed by atoms with van der Waals surface area (Å²) in [4.78, 5) is 0. The molecule has 0 aliphatic carbocycles. The Kier molecular flexibility index (Phi) is 2.26. The van der Waals surface area contributed by atoms with Crippen LogP contribution >= 0.6 is 0 Å². The summed E-state index contributed by atoms with van der Waals surface area (Å²) in [7, 11) is 1.79. The molecule has 0 aliphatic rings. The van der Waals surface area contributed by atoms with Crippen LogP contribution in [-0.2, 0) is 7.05 Å². The molecule has 2 aromatic rings. The highest BCUT2D eigenvalue weighted by Crippen LogP contribution is 2.21. The molecule has 0 saturated carbocycles. The van der Waals surface area contributed by atoms with Gasteiger partial charge in [-0.15, -0.1) is 0 Å². The molecule has 1 heterocycles. The Hall–Kier alpha value is -2.08. The third kappa shape index (κ3) is 1.62. The second-order valence-corrected chi connectivity index (χ2v) is 3.28. The van der Waals surface area contributed by atoms with Gasteiger partial charge < -0.3 is 4.57 Å². The van der Waals surface area contributed by atoms with Crippen LogP contribution in [0.5, 0.6) is 0 Å². The van der Waals surface area contributed by atoms with Gasteiger partial charge in [-0.3, -0.25) is 0 Å². The zero-order valence-electron chi connectivity index (χ0n) is 8.24. The van der Waals surface area contributed by atoms with Gasteiger partial charge in [-0.2, -0.15) is 5.26 Å². The number of aromatic nitrogens is 1. The first-order valence-electron chi connectivity index (χ1n) is 4.54. The van der Waals surface area contributed by atoms with E-state index in [0.717, 1.165) is 11.3 Å². The Bertz CT molecular complexity index is 535. The minimum absolute atomic E-state index is 0.271. The lowest BCUT2D eigenvalue weighted by molar-refractivity contribution is 0.628. The zero-order chi connectivity index (χ0) is 10.8. The second-order valence-electron chi connectivity index (χ2n) is 3.28. The Morgan fingerprint density at radius 3 is 2.67 bits per heavy atom. The molecule has 1 aromatic heterocycles. The number of hydrogen-bond acceptors (Lipinski definition) is 1. The fourth-order valence-corrected chi connectivity index (χ4v) is 1.56. The van der Waals surface area contributed by atoms with Gasteiger partial charge in [0.25, 0.3) is 0 Å². The topological polar surface area (TPSA) is 28.7 Å². The summed E-state index contributed by atoms with van der Waals surface area (Å²) < 4.78 is 14.7. The van der Waals surface area contributed by atoms with Gasteiger partial charge in [0.15, 0.2) is 0 Å². The first-order chi connectivity index (χ1) is 7.22. The van der Waals surface area contributed by atoms with E-state index in [9.17, 15) is 4.39 Å². The average molecular weight is 200 g/mol. The molecule has 0 aliphatic heterocycles. The lowest BCUT2D eigenvalue weighted by Gasteiger charge is -2.03. The second kappa shape index (κ2) is 3.58. The van der Waals surface area contributed by atoms with Gasteiger partial charge in [0.1, 0.15) is 17.6 Å². The molecule has 1 aromatic carbocycles. The van der Waals surface area contributed by atoms with Crippen molar-refractivity contribution in [3.05, 3.63) is 47.9 Å². The smallest absolute Gasteiger partial charge is 0.123 e. The molecule has 0 atom stereocenters. The third-order valence-electron chi connectivity index (χ3n) is 2.36. The summed E-state index contributed by atoms with van der Waals surface area (Å²) in [6, 6.07) is 11.9. The van der Waals surface area contributed by atoms with Crippen molar-refractivity contribution < 1.29 is 4.39 Å². The highest BCUT2D eigenvalue weighted by Gasteiger charge is 2.06. The minimum atomic E-state index is -0.271. The van der Waals surface area contributed by atoms with Crippen LogP contribution in [0.4, 0.5) is 4.39 Å². The van der Waals surface area contributed by atoms with Crippen molar-refractivity contribution in [3.8, 4) is 17.3 Å². The fraction of sp³-hybridized carbons (Fsp3) is 0.0833. The first kappa shape index (κ1) is 9.47. The molecule has 0 spiro atoms. The molecule has 3 heteroatoms. The highest BCUT2D eigenvalue weighted by atomic mass is 19.1. The molecule has 0 radical (unpaired) electrons. The van der Waals surface area contributed by atoms with E-state index in [1.165, 1.54) is 12.1 Å². The van der Waals surface area contributed by atoms with Gasteiger partial charge in [0.2, 0.25) is 0 Å². The van der Waals surface area contributed by atoms with Crippen LogP contribution in [0, 0.1) is 17.1 Å². The van der Waals surface area contributed by atoms with Crippen molar-refractivity contribution in [2.45, 2.75) is 0 Å². The predicted molar refractivity (Wildman–Crippen MR) is 55.5 cm³/mol. The van der Waals surface area contributed by atoms with Gasteiger partial charge in [-0.1, -0.05) is 12.1 Å². The number of halogens is 1. The maximum atomic E-state index is 13.0. The summed E-state index contributed by atoms with van der Waals surface area (Å²) in [5, 5.41) is 8.79. The molecule has 2 nitrogen and oxygen atoms in total. The number of nitriles is 1. The van der Waals surface area contributed by atoms with E-state index in [0.29, 0.717) is 5.69 Å². The molecule has 0 amide bonds. The quantitative estimate of drug-likeness (QED) is 0.695. The van der Waals surface area contributed by atoms with Gasteiger partial charge in [0.05, 0.1) is 0 Å². The van der Waals surface area contributed by atoms with Crippen LogP contribution in [0.25, 0.3) is 11.3 Å². The summed E-state index contributed by atoms with van der Waals surface area (Å²) in [5.41, 5.74) is 2.18. The molecule has 74 valence electrons. The molecule has 0 saturated heterocycles. The molecule has 15 heavy (non-hydrogen) atoms. The lowest BCUT2D eigenvalue weighted by atomic mass is 10.1. The van der Waals surface area contributed by atoms with Crippen molar-refractivity contribution in [3.63, 3.8) is 0 Å². The van der Waals surface area contributed by atoms with E-state index in [4.69, 9.17) is 5.26 Å². The molecule has 2 rings (SSSR count). The van der Waals surface area contributed by atoms with Crippen LogP contribution in [0.15, 0.2) is 36.4 Å². The van der Waals surface area contributed by atoms with Crippen LogP contribution in [-0.4, -0.2) is 4.57 Å². The van der Waals surface area contributed by atoms with Crippen molar-refractivity contribution in [1.82, 2.24) is 4.57 Å². The van der Waals surface area contributed by atoms with E-state index in [2.05, 4.69) is 6.07 Å². The molecular formula is C12H9FN2. The van der Waals surface area contributed by atoms with Crippen LogP contribution in [0.3, 0.4) is 0 Å². The van der Waals surface area contributed by atoms with Crippen LogP contribution in [0.1, 0.15) is 5.69 Å². The van der Waals surface area contributed by atoms with Crippen molar-refractivity contribution in [2.24, 2.45) is 7.05 Å². The maximum absolute atomic E-state index is 13.0. The monoisotopic (exact) mass is 200 g/mol. The van der Waals surface area contributed by atoms with Gasteiger partial charge in [-0.05, 0) is 24.3 Å². The normalized spacial score (nSPS) is 9.93. The third-order valence-corrected chi connectivity index (χ3v) is 2.36. The standard InChI is InChI=1S/C12H9FN2/c1-15-11(8-14)5-6-12(15)9-3-2-4-10(13)7-9/h2-7H,1H3. The van der Waals surface area contributed by atoms with Gasteiger partial charge in [-0.25, -0.2) is 4.39 Å². The minimum Gasteiger partial charge on any atom is -0.335 e. The summed E-state index contributed by atoms with van der Waals surface area (Å²) in [6.45, 7) is 0. The van der Waals surface area contributed by atoms with Crippen molar-refractivity contribution >= 4 is 0 Å². The van der Waals surface area contributed by atoms with E-state index in [1.54, 1.807) is 23.7 Å². The van der Waals surface area contributed by atoms with E-state index in [-0.39, 0.29) is 5.82 Å². The average Bonchev–Trinajstić information content (AvgIpc) is 2.59. The van der Waals surface area contributed by atoms with Gasteiger partial charge >= 0.3 is 0 Å². The Balaban J connectivity index is 2.56. The van der Waals surface area contributed by atoms with E-state index < -0.39 is 0 Å². The summed E-state index contributed by atoms with van der Waals surface area (Å²) in [5.74, 6) is -0.271. The molecule has 0 bridgehead atoms. The molecule has 0 unspecified atom stereocenters. The Morgan fingerprint density at radius 1 is 1.27 bits per heavy atom. The molecule has 0 fully saturated rings. The Labute approximate surface area is 87.2 Å². The van der Waals surface area contributed by atoms with Crippen molar-refractivity contribution in [1.29, 1.82) is 5.26 Å². The summed E-state index contributed by atoms with van der Waals surface area (Å²) >= 11 is 0. The number of rotatable bonds is 1. The SMILES string of the molecule is Cn1c(C#N)ccc1-c1cccc(F)c1. The van der Waals surface area contributed by atoms with Crippen LogP contribution in [0.2, 0.25) is 0 Å². The molecule has 0 N–H and O–H groups in total. The number of hydrogen-bond donors (Lipinski definition) is 0. The van der Waals surface area contributed by atoms with E-state index in [1.807, 2.05) is 12.1 Å². The highest BCUT2D eigenvalue weighted by molar-refractivity contribution is 5.61. The first-order valence-corrected chi connectivity index (χ1v) is 4.54. The summed E-state index contributed by atoms with van der Waals surface area (Å²) in [6.07, 6.45) is 0. The Morgan fingerprint density at radius 2 is 2.07 bits per heavy atom.